The number of carbonyl (C=O) groups is 1. The first-order valence-corrected chi connectivity index (χ1v) is 6.94. The molecule has 0 radical (unpaired) electrons. The Morgan fingerprint density at radius 3 is 2.75 bits per heavy atom. The lowest BCUT2D eigenvalue weighted by Crippen LogP contribution is -2.13. The maximum absolute atomic E-state index is 12.4. The lowest BCUT2D eigenvalue weighted by molar-refractivity contribution is 0.0936. The molecule has 0 bridgehead atoms. The van der Waals surface area contributed by atoms with Gasteiger partial charge in [0.05, 0.1) is 7.11 Å². The molecule has 0 saturated carbocycles. The molecule has 102 valence electrons. The van der Waals surface area contributed by atoms with Gasteiger partial charge in [-0.2, -0.15) is 0 Å². The molecule has 1 aliphatic rings. The van der Waals surface area contributed by atoms with Gasteiger partial charge in [-0.05, 0) is 37.0 Å². The molecule has 1 unspecified atom stereocenters. The summed E-state index contributed by atoms with van der Waals surface area (Å²) in [6, 6.07) is 14.1. The summed E-state index contributed by atoms with van der Waals surface area (Å²) >= 11 is 0. The van der Waals surface area contributed by atoms with E-state index in [4.69, 9.17) is 4.74 Å². The Morgan fingerprint density at radius 2 is 2.00 bits per heavy atom. The van der Waals surface area contributed by atoms with Crippen molar-refractivity contribution in [3.8, 4) is 5.75 Å². The number of hydrogen-bond acceptors (Lipinski definition) is 2. The number of ketones is 1. The van der Waals surface area contributed by atoms with Gasteiger partial charge >= 0.3 is 0 Å². The lowest BCUT2D eigenvalue weighted by Gasteiger charge is -2.13. The Morgan fingerprint density at radius 1 is 1.20 bits per heavy atom. The van der Waals surface area contributed by atoms with Crippen molar-refractivity contribution in [3.63, 3.8) is 0 Å². The molecule has 0 heterocycles. The lowest BCUT2D eigenvalue weighted by atomic mass is 9.94. The highest BCUT2D eigenvalue weighted by Crippen LogP contribution is 2.31. The van der Waals surface area contributed by atoms with Gasteiger partial charge in [-0.1, -0.05) is 42.0 Å². The molecule has 2 aromatic carbocycles. The van der Waals surface area contributed by atoms with Crippen molar-refractivity contribution in [2.45, 2.75) is 19.8 Å². The maximum Gasteiger partial charge on any atom is 0.166 e. The summed E-state index contributed by atoms with van der Waals surface area (Å²) in [7, 11) is 1.68. The molecule has 1 atom stereocenters. The molecule has 1 aliphatic carbocycles. The van der Waals surface area contributed by atoms with Crippen molar-refractivity contribution in [1.82, 2.24) is 0 Å². The van der Waals surface area contributed by atoms with Gasteiger partial charge in [0.15, 0.2) is 5.78 Å². The van der Waals surface area contributed by atoms with Crippen LogP contribution in [0.15, 0.2) is 42.5 Å². The van der Waals surface area contributed by atoms with E-state index >= 15 is 0 Å². The molecule has 0 aliphatic heterocycles. The topological polar surface area (TPSA) is 26.3 Å². The van der Waals surface area contributed by atoms with E-state index in [0.29, 0.717) is 0 Å². The third-order valence-corrected chi connectivity index (χ3v) is 4.02. The van der Waals surface area contributed by atoms with E-state index in [9.17, 15) is 4.79 Å². The smallest absolute Gasteiger partial charge is 0.166 e. The first-order valence-electron chi connectivity index (χ1n) is 6.94. The molecule has 0 fully saturated rings. The van der Waals surface area contributed by atoms with E-state index in [1.165, 1.54) is 11.1 Å². The highest BCUT2D eigenvalue weighted by molar-refractivity contribution is 6.02. The standard InChI is InChI=1S/C18H18O2/c1-12-7-8-17(20-2)14(9-12)11-15-10-13-5-3-4-6-16(13)18(15)19/h3-9,15H,10-11H2,1-2H3. The van der Waals surface area contributed by atoms with E-state index in [-0.39, 0.29) is 11.7 Å². The summed E-state index contributed by atoms with van der Waals surface area (Å²) in [5.74, 6) is 1.19. The minimum Gasteiger partial charge on any atom is -0.496 e. The Labute approximate surface area is 119 Å². The highest BCUT2D eigenvalue weighted by Gasteiger charge is 2.30. The number of benzene rings is 2. The van der Waals surface area contributed by atoms with E-state index in [0.717, 1.165) is 29.7 Å². The van der Waals surface area contributed by atoms with Crippen LogP contribution in [-0.4, -0.2) is 12.9 Å². The van der Waals surface area contributed by atoms with Gasteiger partial charge in [0.1, 0.15) is 5.75 Å². The Hall–Kier alpha value is -2.09. The Balaban J connectivity index is 1.87. The van der Waals surface area contributed by atoms with Gasteiger partial charge < -0.3 is 4.74 Å². The fourth-order valence-corrected chi connectivity index (χ4v) is 3.01. The van der Waals surface area contributed by atoms with Gasteiger partial charge in [-0.15, -0.1) is 0 Å². The van der Waals surface area contributed by atoms with Gasteiger partial charge in [0, 0.05) is 11.5 Å². The predicted octanol–water partition coefficient (Wildman–Crippen LogP) is 3.60. The molecule has 0 aromatic heterocycles. The molecular weight excluding hydrogens is 248 g/mol. The van der Waals surface area contributed by atoms with Crippen molar-refractivity contribution < 1.29 is 9.53 Å². The average molecular weight is 266 g/mol. The van der Waals surface area contributed by atoms with Crippen LogP contribution < -0.4 is 4.74 Å². The number of fused-ring (bicyclic) bond motifs is 1. The second-order valence-corrected chi connectivity index (χ2v) is 5.44. The van der Waals surface area contributed by atoms with Crippen LogP contribution in [0, 0.1) is 12.8 Å². The molecular formula is C18H18O2. The zero-order valence-electron chi connectivity index (χ0n) is 11.8. The molecule has 0 amide bonds. The first-order chi connectivity index (χ1) is 9.69. The van der Waals surface area contributed by atoms with Crippen molar-refractivity contribution in [1.29, 1.82) is 0 Å². The summed E-state index contributed by atoms with van der Waals surface area (Å²) in [6.07, 6.45) is 1.59. The Bertz CT molecular complexity index is 658. The normalized spacial score (nSPS) is 17.1. The van der Waals surface area contributed by atoms with Crippen molar-refractivity contribution in [2.24, 2.45) is 5.92 Å². The van der Waals surface area contributed by atoms with Crippen molar-refractivity contribution >= 4 is 5.78 Å². The second kappa shape index (κ2) is 5.12. The van der Waals surface area contributed by atoms with Crippen LogP contribution in [0.3, 0.4) is 0 Å². The molecule has 0 saturated heterocycles. The SMILES string of the molecule is COc1ccc(C)cc1CC1Cc2ccccc2C1=O. The maximum atomic E-state index is 12.4. The number of Topliss-reactive ketones (excluding diaryl/α,β-unsaturated/α-hetero) is 1. The number of ether oxygens (including phenoxy) is 1. The molecule has 20 heavy (non-hydrogen) atoms. The number of carbonyl (C=O) groups excluding carboxylic acids is 1. The van der Waals surface area contributed by atoms with Gasteiger partial charge in [0.2, 0.25) is 0 Å². The van der Waals surface area contributed by atoms with Crippen LogP contribution in [-0.2, 0) is 12.8 Å². The third-order valence-electron chi connectivity index (χ3n) is 4.02. The van der Waals surface area contributed by atoms with Crippen LogP contribution in [0.4, 0.5) is 0 Å². The molecule has 0 N–H and O–H groups in total. The minimum atomic E-state index is 0.0445. The van der Waals surface area contributed by atoms with E-state index in [1.54, 1.807) is 7.11 Å². The quantitative estimate of drug-likeness (QED) is 0.848. The summed E-state index contributed by atoms with van der Waals surface area (Å²) in [5.41, 5.74) is 4.39. The molecule has 2 aromatic rings. The van der Waals surface area contributed by atoms with E-state index < -0.39 is 0 Å². The zero-order valence-corrected chi connectivity index (χ0v) is 11.8. The fourth-order valence-electron chi connectivity index (χ4n) is 3.01. The van der Waals surface area contributed by atoms with Crippen molar-refractivity contribution in [2.75, 3.05) is 7.11 Å². The fraction of sp³-hybridized carbons (Fsp3) is 0.278. The minimum absolute atomic E-state index is 0.0445. The van der Waals surface area contributed by atoms with Crippen LogP contribution in [0.2, 0.25) is 0 Å². The summed E-state index contributed by atoms with van der Waals surface area (Å²) in [4.78, 5) is 12.4. The zero-order chi connectivity index (χ0) is 14.1. The van der Waals surface area contributed by atoms with Gasteiger partial charge in [0.25, 0.3) is 0 Å². The molecule has 2 nitrogen and oxygen atoms in total. The largest absolute Gasteiger partial charge is 0.496 e. The molecule has 2 heteroatoms. The number of methoxy groups -OCH3 is 1. The average Bonchev–Trinajstić information content (AvgIpc) is 2.76. The summed E-state index contributed by atoms with van der Waals surface area (Å²) < 4.78 is 5.41. The van der Waals surface area contributed by atoms with Gasteiger partial charge in [-0.25, -0.2) is 0 Å². The predicted molar refractivity (Wildman–Crippen MR) is 79.4 cm³/mol. The monoisotopic (exact) mass is 266 g/mol. The molecule has 0 spiro atoms. The van der Waals surface area contributed by atoms with Crippen LogP contribution in [0.1, 0.15) is 27.0 Å². The molecule has 3 rings (SSSR count). The van der Waals surface area contributed by atoms with Crippen LogP contribution in [0.25, 0.3) is 0 Å². The second-order valence-electron chi connectivity index (χ2n) is 5.44. The Kier molecular flexibility index (Phi) is 3.31. The number of aryl methyl sites for hydroxylation is 1. The third kappa shape index (κ3) is 2.22. The summed E-state index contributed by atoms with van der Waals surface area (Å²) in [5, 5.41) is 0. The van der Waals surface area contributed by atoms with E-state index in [2.05, 4.69) is 19.1 Å². The van der Waals surface area contributed by atoms with Gasteiger partial charge in [-0.3, -0.25) is 4.79 Å². The highest BCUT2D eigenvalue weighted by atomic mass is 16.5. The number of rotatable bonds is 3. The van der Waals surface area contributed by atoms with E-state index in [1.807, 2.05) is 30.3 Å². The first kappa shape index (κ1) is 12.9. The van der Waals surface area contributed by atoms with Crippen molar-refractivity contribution in [3.05, 3.63) is 64.7 Å². The van der Waals surface area contributed by atoms with Crippen LogP contribution in [0.5, 0.6) is 5.75 Å². The summed E-state index contributed by atoms with van der Waals surface area (Å²) in [6.45, 7) is 2.06. The van der Waals surface area contributed by atoms with Crippen LogP contribution >= 0.6 is 0 Å². The number of hydrogen-bond donors (Lipinski definition) is 0.